The van der Waals surface area contributed by atoms with Crippen molar-refractivity contribution in [2.75, 3.05) is 6.54 Å². The highest BCUT2D eigenvalue weighted by molar-refractivity contribution is 5.89. The molecular formula is C27H27FN2O2. The molecule has 1 N–H and O–H groups in total. The first kappa shape index (κ1) is 22.9. The van der Waals surface area contributed by atoms with Crippen molar-refractivity contribution in [2.24, 2.45) is 0 Å². The molecule has 3 aromatic carbocycles. The quantitative estimate of drug-likeness (QED) is 0.469. The van der Waals surface area contributed by atoms with E-state index in [4.69, 9.17) is 0 Å². The first-order valence-electron chi connectivity index (χ1n) is 10.6. The van der Waals surface area contributed by atoms with Crippen molar-refractivity contribution in [1.82, 2.24) is 10.2 Å². The van der Waals surface area contributed by atoms with Crippen LogP contribution in [0.4, 0.5) is 4.39 Å². The molecule has 0 fully saturated rings. The van der Waals surface area contributed by atoms with Crippen molar-refractivity contribution in [3.05, 3.63) is 120 Å². The molecule has 0 aliphatic carbocycles. The van der Waals surface area contributed by atoms with E-state index in [1.807, 2.05) is 60.7 Å². The van der Waals surface area contributed by atoms with Crippen LogP contribution in [0.15, 0.2) is 97.6 Å². The van der Waals surface area contributed by atoms with Crippen LogP contribution in [-0.4, -0.2) is 23.3 Å². The van der Waals surface area contributed by atoms with E-state index in [9.17, 15) is 14.0 Å². The fraction of sp³-hybridized carbons (Fsp3) is 0.185. The molecular weight excluding hydrogens is 403 g/mol. The van der Waals surface area contributed by atoms with Crippen molar-refractivity contribution < 1.29 is 14.0 Å². The van der Waals surface area contributed by atoms with E-state index in [1.54, 1.807) is 23.1 Å². The van der Waals surface area contributed by atoms with Crippen molar-refractivity contribution in [2.45, 2.75) is 25.4 Å². The van der Waals surface area contributed by atoms with Gasteiger partial charge in [0.15, 0.2) is 0 Å². The molecule has 0 spiro atoms. The first-order chi connectivity index (χ1) is 15.6. The van der Waals surface area contributed by atoms with Gasteiger partial charge in [0.1, 0.15) is 11.9 Å². The summed E-state index contributed by atoms with van der Waals surface area (Å²) in [6.45, 7) is 4.14. The molecule has 0 saturated carbocycles. The Morgan fingerprint density at radius 3 is 2.16 bits per heavy atom. The number of carbonyl (C=O) groups is 2. The zero-order chi connectivity index (χ0) is 22.8. The van der Waals surface area contributed by atoms with Gasteiger partial charge < -0.3 is 10.2 Å². The molecule has 0 bridgehead atoms. The van der Waals surface area contributed by atoms with E-state index in [0.29, 0.717) is 18.5 Å². The maximum Gasteiger partial charge on any atom is 0.247 e. The molecule has 3 rings (SSSR count). The lowest BCUT2D eigenvalue weighted by Gasteiger charge is -2.31. The average Bonchev–Trinajstić information content (AvgIpc) is 2.83. The Labute approximate surface area is 188 Å². The molecule has 1 atom stereocenters. The topological polar surface area (TPSA) is 49.4 Å². The van der Waals surface area contributed by atoms with Crippen LogP contribution in [0.1, 0.15) is 29.2 Å². The van der Waals surface area contributed by atoms with E-state index in [0.717, 1.165) is 11.1 Å². The Morgan fingerprint density at radius 2 is 1.53 bits per heavy atom. The lowest BCUT2D eigenvalue weighted by Crippen LogP contribution is -2.43. The highest BCUT2D eigenvalue weighted by Crippen LogP contribution is 2.25. The van der Waals surface area contributed by atoms with Gasteiger partial charge >= 0.3 is 0 Å². The van der Waals surface area contributed by atoms with Crippen LogP contribution in [0.3, 0.4) is 0 Å². The summed E-state index contributed by atoms with van der Waals surface area (Å²) < 4.78 is 13.4. The predicted molar refractivity (Wildman–Crippen MR) is 124 cm³/mol. The van der Waals surface area contributed by atoms with Crippen molar-refractivity contribution in [3.63, 3.8) is 0 Å². The summed E-state index contributed by atoms with van der Waals surface area (Å²) in [5.74, 6) is -0.786. The summed E-state index contributed by atoms with van der Waals surface area (Å²) in [5, 5.41) is 2.82. The number of hydrogen-bond donors (Lipinski definition) is 1. The molecule has 0 unspecified atom stereocenters. The molecule has 5 heteroatoms. The first-order valence-corrected chi connectivity index (χ1v) is 10.6. The molecule has 0 heterocycles. The van der Waals surface area contributed by atoms with Crippen LogP contribution in [0.25, 0.3) is 0 Å². The normalized spacial score (nSPS) is 11.4. The lowest BCUT2D eigenvalue weighted by molar-refractivity contribution is -0.141. The highest BCUT2D eigenvalue weighted by Gasteiger charge is 2.31. The zero-order valence-electron chi connectivity index (χ0n) is 17.9. The van der Waals surface area contributed by atoms with E-state index >= 15 is 0 Å². The lowest BCUT2D eigenvalue weighted by atomic mass is 10.0. The van der Waals surface area contributed by atoms with Crippen molar-refractivity contribution >= 4 is 11.8 Å². The maximum atomic E-state index is 13.4. The van der Waals surface area contributed by atoms with Crippen molar-refractivity contribution in [3.8, 4) is 0 Å². The SMILES string of the molecule is C=CCNC(=O)[C@H](c1ccccc1)N(Cc1ccc(F)cc1)C(=O)CCc1ccccc1. The minimum atomic E-state index is -0.815. The van der Waals surface area contributed by atoms with Crippen LogP contribution in [0.5, 0.6) is 0 Å². The van der Waals surface area contributed by atoms with E-state index in [-0.39, 0.29) is 30.6 Å². The molecule has 0 aromatic heterocycles. The Morgan fingerprint density at radius 1 is 0.906 bits per heavy atom. The fourth-order valence-corrected chi connectivity index (χ4v) is 3.53. The number of halogens is 1. The molecule has 3 aromatic rings. The number of benzene rings is 3. The van der Waals surface area contributed by atoms with Gasteiger partial charge in [-0.3, -0.25) is 9.59 Å². The summed E-state index contributed by atoms with van der Waals surface area (Å²) in [4.78, 5) is 28.2. The van der Waals surface area contributed by atoms with Gasteiger partial charge in [0.2, 0.25) is 11.8 Å². The molecule has 0 aliphatic rings. The smallest absolute Gasteiger partial charge is 0.247 e. The Balaban J connectivity index is 1.92. The molecule has 4 nitrogen and oxygen atoms in total. The monoisotopic (exact) mass is 430 g/mol. The van der Waals surface area contributed by atoms with E-state index in [1.165, 1.54) is 12.1 Å². The summed E-state index contributed by atoms with van der Waals surface area (Å²) in [5.41, 5.74) is 2.51. The Kier molecular flexibility index (Phi) is 8.32. The van der Waals surface area contributed by atoms with Gasteiger partial charge in [0, 0.05) is 19.5 Å². The summed E-state index contributed by atoms with van der Waals surface area (Å²) in [7, 11) is 0. The third kappa shape index (κ3) is 6.38. The Hall–Kier alpha value is -3.73. The second-order valence-electron chi connectivity index (χ2n) is 7.48. The van der Waals surface area contributed by atoms with Crippen LogP contribution in [0, 0.1) is 5.82 Å². The second-order valence-corrected chi connectivity index (χ2v) is 7.48. The average molecular weight is 431 g/mol. The molecule has 0 radical (unpaired) electrons. The van der Waals surface area contributed by atoms with E-state index < -0.39 is 6.04 Å². The summed E-state index contributed by atoms with van der Waals surface area (Å²) in [6.07, 6.45) is 2.42. The number of nitrogens with one attached hydrogen (secondary N) is 1. The predicted octanol–water partition coefficient (Wildman–Crippen LogP) is 4.83. The van der Waals surface area contributed by atoms with Gasteiger partial charge in [-0.2, -0.15) is 0 Å². The van der Waals surface area contributed by atoms with Crippen LogP contribution in [0.2, 0.25) is 0 Å². The Bertz CT molecular complexity index is 1020. The van der Waals surface area contributed by atoms with Gasteiger partial charge in [-0.1, -0.05) is 78.9 Å². The number of amides is 2. The van der Waals surface area contributed by atoms with Gasteiger partial charge in [-0.25, -0.2) is 4.39 Å². The van der Waals surface area contributed by atoms with Crippen LogP contribution < -0.4 is 5.32 Å². The highest BCUT2D eigenvalue weighted by atomic mass is 19.1. The third-order valence-electron chi connectivity index (χ3n) is 5.15. The number of aryl methyl sites for hydroxylation is 1. The third-order valence-corrected chi connectivity index (χ3v) is 5.15. The zero-order valence-corrected chi connectivity index (χ0v) is 17.9. The number of rotatable bonds is 10. The summed E-state index contributed by atoms with van der Waals surface area (Å²) in [6, 6.07) is 24.1. The van der Waals surface area contributed by atoms with E-state index in [2.05, 4.69) is 11.9 Å². The number of nitrogens with zero attached hydrogens (tertiary/aromatic N) is 1. The molecule has 0 aliphatic heterocycles. The van der Waals surface area contributed by atoms with Crippen molar-refractivity contribution in [1.29, 1.82) is 0 Å². The molecule has 32 heavy (non-hydrogen) atoms. The minimum absolute atomic E-state index is 0.152. The summed E-state index contributed by atoms with van der Waals surface area (Å²) >= 11 is 0. The standard InChI is InChI=1S/C27H27FN2O2/c1-2-19-29-27(32)26(23-11-7-4-8-12-23)30(20-22-13-16-24(28)17-14-22)25(31)18-15-21-9-5-3-6-10-21/h2-14,16-17,26H,1,15,18-20H2,(H,29,32)/t26-/m0/s1. The molecule has 0 saturated heterocycles. The molecule has 2 amide bonds. The van der Waals surface area contributed by atoms with Crippen LogP contribution in [-0.2, 0) is 22.6 Å². The second kappa shape index (κ2) is 11.6. The fourth-order valence-electron chi connectivity index (χ4n) is 3.53. The van der Waals surface area contributed by atoms with Crippen LogP contribution >= 0.6 is 0 Å². The van der Waals surface area contributed by atoms with Gasteiger partial charge in [0.05, 0.1) is 0 Å². The van der Waals surface area contributed by atoms with Gasteiger partial charge in [0.25, 0.3) is 0 Å². The largest absolute Gasteiger partial charge is 0.351 e. The number of carbonyl (C=O) groups excluding carboxylic acids is 2. The van der Waals surface area contributed by atoms with Gasteiger partial charge in [-0.15, -0.1) is 6.58 Å². The molecule has 164 valence electrons. The maximum absolute atomic E-state index is 13.4. The minimum Gasteiger partial charge on any atom is -0.351 e. The van der Waals surface area contributed by atoms with Gasteiger partial charge in [-0.05, 0) is 35.2 Å². The number of hydrogen-bond acceptors (Lipinski definition) is 2.